The van der Waals surface area contributed by atoms with E-state index in [1.165, 1.54) is 54.4 Å². The van der Waals surface area contributed by atoms with Crippen LogP contribution in [0.15, 0.2) is 60.7 Å². The minimum Gasteiger partial charge on any atom is -0.462 e. The highest BCUT2D eigenvalue weighted by molar-refractivity contribution is 5.87. The van der Waals surface area contributed by atoms with Crippen LogP contribution < -0.4 is 0 Å². The van der Waals surface area contributed by atoms with Gasteiger partial charge >= 0.3 is 12.1 Å². The van der Waals surface area contributed by atoms with Crippen LogP contribution in [0.25, 0.3) is 11.1 Å². The highest BCUT2D eigenvalue weighted by Gasteiger charge is 2.26. The van der Waals surface area contributed by atoms with Gasteiger partial charge in [0, 0.05) is 19.4 Å². The number of ether oxygens (including phenoxy) is 2. The summed E-state index contributed by atoms with van der Waals surface area (Å²) < 4.78 is 47.5. The van der Waals surface area contributed by atoms with Gasteiger partial charge in [-0.1, -0.05) is 100 Å². The Hall–Kier alpha value is -2.64. The number of aryl methyl sites for hydroxylation is 2. The third-order valence-electron chi connectivity index (χ3n) is 9.03. The third kappa shape index (κ3) is 13.6. The lowest BCUT2D eigenvalue weighted by molar-refractivity contribution is -0.141. The zero-order valence-electron chi connectivity index (χ0n) is 26.4. The van der Waals surface area contributed by atoms with E-state index in [-0.39, 0.29) is 24.5 Å². The Morgan fingerprint density at radius 3 is 1.95 bits per heavy atom. The second-order valence-corrected chi connectivity index (χ2v) is 12.6. The summed E-state index contributed by atoms with van der Waals surface area (Å²) in [5, 5.41) is 9.01. The molecule has 3 rings (SSSR count). The number of aliphatic hydroxyl groups excluding tert-OH is 1. The summed E-state index contributed by atoms with van der Waals surface area (Å²) in [6.07, 6.45) is 8.20. The molecular formula is C37H51F3O4. The molecule has 0 heterocycles. The van der Waals surface area contributed by atoms with Crippen molar-refractivity contribution < 1.29 is 32.5 Å². The van der Waals surface area contributed by atoms with Crippen molar-refractivity contribution in [1.29, 1.82) is 0 Å². The molecule has 0 aliphatic heterocycles. The molecule has 0 saturated heterocycles. The van der Waals surface area contributed by atoms with E-state index in [2.05, 4.69) is 55.1 Å². The first-order valence-corrected chi connectivity index (χ1v) is 16.4. The average Bonchev–Trinajstić information content (AvgIpc) is 3.03. The lowest BCUT2D eigenvalue weighted by Crippen LogP contribution is -2.20. The number of esters is 1. The minimum absolute atomic E-state index is 0.0628. The fraction of sp³-hybridized carbons (Fsp3) is 0.595. The Balaban J connectivity index is 1.33. The molecule has 2 aromatic carbocycles. The summed E-state index contributed by atoms with van der Waals surface area (Å²) in [4.78, 5) is 11.7. The predicted molar refractivity (Wildman–Crippen MR) is 170 cm³/mol. The quantitative estimate of drug-likeness (QED) is 0.0971. The van der Waals surface area contributed by atoms with Crippen LogP contribution in [0.5, 0.6) is 0 Å². The molecule has 0 radical (unpaired) electrons. The highest BCUT2D eigenvalue weighted by atomic mass is 19.4. The van der Waals surface area contributed by atoms with Crippen molar-refractivity contribution in [2.45, 2.75) is 96.1 Å². The average molecular weight is 617 g/mol. The van der Waals surface area contributed by atoms with Gasteiger partial charge in [-0.3, -0.25) is 0 Å². The molecule has 0 amide bonds. The monoisotopic (exact) mass is 616 g/mol. The lowest BCUT2D eigenvalue weighted by Gasteiger charge is -2.28. The van der Waals surface area contributed by atoms with Crippen LogP contribution in [0.3, 0.4) is 0 Å². The van der Waals surface area contributed by atoms with Crippen molar-refractivity contribution in [1.82, 2.24) is 0 Å². The normalized spacial score (nSPS) is 17.8. The van der Waals surface area contributed by atoms with Crippen LogP contribution >= 0.6 is 0 Å². The molecule has 44 heavy (non-hydrogen) atoms. The van der Waals surface area contributed by atoms with E-state index in [1.54, 1.807) is 7.11 Å². The van der Waals surface area contributed by atoms with E-state index < -0.39 is 25.2 Å². The Morgan fingerprint density at radius 1 is 0.841 bits per heavy atom. The first kappa shape index (κ1) is 35.8. The van der Waals surface area contributed by atoms with Crippen LogP contribution in [-0.2, 0) is 27.1 Å². The number of hydrogen-bond acceptors (Lipinski definition) is 4. The van der Waals surface area contributed by atoms with Gasteiger partial charge in [-0.05, 0) is 72.6 Å². The van der Waals surface area contributed by atoms with Crippen molar-refractivity contribution in [3.63, 3.8) is 0 Å². The molecule has 0 spiro atoms. The summed E-state index contributed by atoms with van der Waals surface area (Å²) in [5.41, 5.74) is 5.15. The van der Waals surface area contributed by atoms with E-state index >= 15 is 0 Å². The zero-order chi connectivity index (χ0) is 31.8. The smallest absolute Gasteiger partial charge is 0.389 e. The topological polar surface area (TPSA) is 55.8 Å². The molecule has 0 aromatic heterocycles. The SMILES string of the molecule is C=C(CO)C(=O)OCC(CCCCc1ccc(-c2ccc(CCC3CCC(CCCCC(F)(F)F)CC3)cc2)cc1)COC. The summed E-state index contributed by atoms with van der Waals surface area (Å²) in [5.74, 6) is 0.905. The van der Waals surface area contributed by atoms with Crippen LogP contribution in [0, 0.1) is 17.8 Å². The standard InChI is InChI=1S/C37H51F3O4/c1-28(25-41)36(42)44-27-33(26-43-2)9-4-3-7-30-16-20-34(21-17-30)35-22-18-32(19-23-35)15-14-31-12-10-29(11-13-31)8-5-6-24-37(38,39)40/h16-23,29,31,33,41H,1,3-15,24-27H2,2H3. The van der Waals surface area contributed by atoms with Crippen molar-refractivity contribution in [2.75, 3.05) is 26.9 Å². The fourth-order valence-electron chi connectivity index (χ4n) is 6.24. The van der Waals surface area contributed by atoms with E-state index in [0.29, 0.717) is 18.9 Å². The van der Waals surface area contributed by atoms with E-state index in [0.717, 1.165) is 44.4 Å². The largest absolute Gasteiger partial charge is 0.462 e. The maximum absolute atomic E-state index is 12.3. The highest BCUT2D eigenvalue weighted by Crippen LogP contribution is 2.35. The first-order valence-electron chi connectivity index (χ1n) is 16.4. The number of aliphatic hydroxyl groups is 1. The van der Waals surface area contributed by atoms with Crippen molar-refractivity contribution in [3.05, 3.63) is 71.8 Å². The number of unbranched alkanes of at least 4 members (excludes halogenated alkanes) is 2. The summed E-state index contributed by atoms with van der Waals surface area (Å²) in [6.45, 7) is 3.88. The Kier molecular flexibility index (Phi) is 15.5. The first-order chi connectivity index (χ1) is 21.2. The number of alkyl halides is 3. The van der Waals surface area contributed by atoms with Crippen LogP contribution in [0.4, 0.5) is 13.2 Å². The van der Waals surface area contributed by atoms with E-state index in [9.17, 15) is 18.0 Å². The summed E-state index contributed by atoms with van der Waals surface area (Å²) in [6, 6.07) is 17.7. The van der Waals surface area contributed by atoms with Crippen LogP contribution in [0.1, 0.15) is 88.2 Å². The Bertz CT molecular complexity index is 1100. The maximum atomic E-state index is 12.3. The van der Waals surface area contributed by atoms with E-state index in [1.807, 2.05) is 0 Å². The van der Waals surface area contributed by atoms with E-state index in [4.69, 9.17) is 14.6 Å². The molecule has 1 aliphatic carbocycles. The van der Waals surface area contributed by atoms with Gasteiger partial charge in [0.2, 0.25) is 0 Å². The molecule has 7 heteroatoms. The number of methoxy groups -OCH3 is 1. The molecule has 244 valence electrons. The fourth-order valence-corrected chi connectivity index (χ4v) is 6.24. The summed E-state index contributed by atoms with van der Waals surface area (Å²) >= 11 is 0. The second kappa shape index (κ2) is 19.0. The van der Waals surface area contributed by atoms with Crippen molar-refractivity contribution >= 4 is 5.97 Å². The minimum atomic E-state index is -4.02. The van der Waals surface area contributed by atoms with Crippen molar-refractivity contribution in [2.24, 2.45) is 17.8 Å². The Labute approximate surface area is 262 Å². The predicted octanol–water partition coefficient (Wildman–Crippen LogP) is 9.28. The molecule has 1 unspecified atom stereocenters. The number of benzene rings is 2. The maximum Gasteiger partial charge on any atom is 0.389 e. The molecule has 1 N–H and O–H groups in total. The number of hydrogen-bond donors (Lipinski definition) is 1. The molecule has 1 fully saturated rings. The molecular weight excluding hydrogens is 565 g/mol. The van der Waals surface area contributed by atoms with Crippen LogP contribution in [0.2, 0.25) is 0 Å². The van der Waals surface area contributed by atoms with Gasteiger partial charge in [0.15, 0.2) is 0 Å². The van der Waals surface area contributed by atoms with Crippen LogP contribution in [-0.4, -0.2) is 44.2 Å². The van der Waals surface area contributed by atoms with Gasteiger partial charge in [0.05, 0.1) is 25.4 Å². The van der Waals surface area contributed by atoms with Gasteiger partial charge in [0.1, 0.15) is 0 Å². The molecule has 2 aromatic rings. The Morgan fingerprint density at radius 2 is 1.41 bits per heavy atom. The van der Waals surface area contributed by atoms with Gasteiger partial charge in [-0.25, -0.2) is 4.79 Å². The van der Waals surface area contributed by atoms with Crippen molar-refractivity contribution in [3.8, 4) is 11.1 Å². The number of rotatable bonds is 19. The lowest BCUT2D eigenvalue weighted by atomic mass is 9.77. The molecule has 1 saturated carbocycles. The van der Waals surface area contributed by atoms with Gasteiger partial charge in [-0.15, -0.1) is 0 Å². The molecule has 1 atom stereocenters. The molecule has 1 aliphatic rings. The molecule has 0 bridgehead atoms. The van der Waals surface area contributed by atoms with Gasteiger partial charge < -0.3 is 14.6 Å². The number of halogens is 3. The van der Waals surface area contributed by atoms with Gasteiger partial charge in [-0.2, -0.15) is 13.2 Å². The number of carbonyl (C=O) groups excluding carboxylic acids is 1. The van der Waals surface area contributed by atoms with Gasteiger partial charge in [0.25, 0.3) is 0 Å². The zero-order valence-corrected chi connectivity index (χ0v) is 26.4. The molecule has 4 nitrogen and oxygen atoms in total. The third-order valence-corrected chi connectivity index (χ3v) is 9.03. The number of carbonyl (C=O) groups is 1. The summed E-state index contributed by atoms with van der Waals surface area (Å²) in [7, 11) is 1.64. The second-order valence-electron chi connectivity index (χ2n) is 12.6.